The van der Waals surface area contributed by atoms with E-state index in [1.165, 1.54) is 31.5 Å². The standard InChI is InChI=1S/C10H11NO4S/c1-8(12)10(16(2,14)15)6-9-4-3-5-11(13)7-9/h3-7H,1-2H3. The first-order valence-electron chi connectivity index (χ1n) is 4.42. The number of aromatic nitrogens is 1. The number of allylic oxidation sites excluding steroid dienone is 1. The normalized spacial score (nSPS) is 12.5. The molecule has 0 atom stereocenters. The van der Waals surface area contributed by atoms with Crippen molar-refractivity contribution >= 4 is 21.7 Å². The molecule has 0 fully saturated rings. The van der Waals surface area contributed by atoms with Gasteiger partial charge in [-0.1, -0.05) is 0 Å². The molecule has 0 aromatic carbocycles. The van der Waals surface area contributed by atoms with Gasteiger partial charge in [0.05, 0.1) is 0 Å². The van der Waals surface area contributed by atoms with Crippen molar-refractivity contribution in [2.45, 2.75) is 6.92 Å². The lowest BCUT2D eigenvalue weighted by Gasteiger charge is -2.01. The van der Waals surface area contributed by atoms with Gasteiger partial charge < -0.3 is 5.21 Å². The van der Waals surface area contributed by atoms with Crippen molar-refractivity contribution in [1.82, 2.24) is 0 Å². The Bertz CT molecular complexity index is 546. The number of carbonyl (C=O) groups is 1. The van der Waals surface area contributed by atoms with Crippen LogP contribution in [-0.4, -0.2) is 20.5 Å². The van der Waals surface area contributed by atoms with Gasteiger partial charge in [0.15, 0.2) is 28.0 Å². The third-order valence-electron chi connectivity index (χ3n) is 1.84. The number of ketones is 1. The summed E-state index contributed by atoms with van der Waals surface area (Å²) in [4.78, 5) is 10.8. The fourth-order valence-corrected chi connectivity index (χ4v) is 2.05. The fourth-order valence-electron chi connectivity index (χ4n) is 1.18. The highest BCUT2D eigenvalue weighted by atomic mass is 32.2. The highest BCUT2D eigenvalue weighted by Gasteiger charge is 2.16. The topological polar surface area (TPSA) is 78.2 Å². The smallest absolute Gasteiger partial charge is 0.187 e. The van der Waals surface area contributed by atoms with Gasteiger partial charge in [0.25, 0.3) is 0 Å². The van der Waals surface area contributed by atoms with Gasteiger partial charge in [0, 0.05) is 17.9 Å². The highest BCUT2D eigenvalue weighted by molar-refractivity contribution is 7.95. The summed E-state index contributed by atoms with van der Waals surface area (Å²) in [5.41, 5.74) is 0.369. The molecule has 1 aromatic heterocycles. The number of rotatable bonds is 3. The molecule has 1 heterocycles. The monoisotopic (exact) mass is 241 g/mol. The SMILES string of the molecule is CC(=O)C(=Cc1ccc[n+]([O-])c1)S(C)(=O)=O. The largest absolute Gasteiger partial charge is 0.619 e. The van der Waals surface area contributed by atoms with Crippen molar-refractivity contribution < 1.29 is 17.9 Å². The van der Waals surface area contributed by atoms with Crippen LogP contribution in [0.4, 0.5) is 0 Å². The summed E-state index contributed by atoms with van der Waals surface area (Å²) in [5, 5.41) is 10.9. The Kier molecular flexibility index (Phi) is 3.44. The van der Waals surface area contributed by atoms with Crippen LogP contribution in [0.1, 0.15) is 12.5 Å². The predicted octanol–water partition coefficient (Wildman–Crippen LogP) is 0.294. The van der Waals surface area contributed by atoms with Crippen molar-refractivity contribution in [3.8, 4) is 0 Å². The molecule has 0 saturated heterocycles. The third kappa shape index (κ3) is 3.16. The second-order valence-corrected chi connectivity index (χ2v) is 5.32. The van der Waals surface area contributed by atoms with E-state index >= 15 is 0 Å². The lowest BCUT2D eigenvalue weighted by Crippen LogP contribution is -2.24. The molecule has 0 aliphatic heterocycles. The lowest BCUT2D eigenvalue weighted by atomic mass is 10.2. The summed E-state index contributed by atoms with van der Waals surface area (Å²) >= 11 is 0. The molecule has 0 aliphatic carbocycles. The van der Waals surface area contributed by atoms with Gasteiger partial charge in [-0.2, -0.15) is 4.73 Å². The first-order valence-corrected chi connectivity index (χ1v) is 6.31. The van der Waals surface area contributed by atoms with E-state index in [4.69, 9.17) is 0 Å². The van der Waals surface area contributed by atoms with E-state index in [0.29, 0.717) is 10.3 Å². The molecule has 0 radical (unpaired) electrons. The van der Waals surface area contributed by atoms with E-state index in [9.17, 15) is 18.4 Å². The Morgan fingerprint density at radius 1 is 1.50 bits per heavy atom. The summed E-state index contributed by atoms with van der Waals surface area (Å²) in [6, 6.07) is 3.02. The van der Waals surface area contributed by atoms with Crippen LogP contribution in [0.2, 0.25) is 0 Å². The molecule has 0 amide bonds. The number of hydrogen-bond acceptors (Lipinski definition) is 4. The summed E-state index contributed by atoms with van der Waals surface area (Å²) in [7, 11) is -3.57. The van der Waals surface area contributed by atoms with E-state index < -0.39 is 15.6 Å². The molecule has 16 heavy (non-hydrogen) atoms. The number of Topliss-reactive ketones (excluding diaryl/α,β-unsaturated/α-hetero) is 1. The first kappa shape index (κ1) is 12.4. The molecule has 0 N–H and O–H groups in total. The molecular formula is C10H11NO4S. The van der Waals surface area contributed by atoms with E-state index in [1.54, 1.807) is 6.07 Å². The first-order chi connectivity index (χ1) is 7.30. The van der Waals surface area contributed by atoms with Gasteiger partial charge in [-0.25, -0.2) is 8.42 Å². The summed E-state index contributed by atoms with van der Waals surface area (Å²) < 4.78 is 23.1. The van der Waals surface area contributed by atoms with Gasteiger partial charge in [0.2, 0.25) is 0 Å². The third-order valence-corrected chi connectivity index (χ3v) is 3.05. The lowest BCUT2D eigenvalue weighted by molar-refractivity contribution is -0.605. The van der Waals surface area contributed by atoms with Crippen molar-refractivity contribution in [3.05, 3.63) is 40.2 Å². The van der Waals surface area contributed by atoms with E-state index in [0.717, 1.165) is 6.26 Å². The van der Waals surface area contributed by atoms with Gasteiger partial charge in [-0.05, 0) is 19.1 Å². The van der Waals surface area contributed by atoms with Crippen LogP contribution in [0.5, 0.6) is 0 Å². The number of sulfone groups is 1. The Hall–Kier alpha value is -1.69. The number of nitrogens with zero attached hydrogens (tertiary/aromatic N) is 1. The minimum absolute atomic E-state index is 0.307. The van der Waals surface area contributed by atoms with Crippen LogP contribution in [0.3, 0.4) is 0 Å². The molecular weight excluding hydrogens is 230 g/mol. The molecule has 6 heteroatoms. The van der Waals surface area contributed by atoms with E-state index in [2.05, 4.69) is 0 Å². The van der Waals surface area contributed by atoms with E-state index in [1.807, 2.05) is 0 Å². The minimum Gasteiger partial charge on any atom is -0.619 e. The Labute approximate surface area is 93.5 Å². The predicted molar refractivity (Wildman–Crippen MR) is 58.9 cm³/mol. The minimum atomic E-state index is -3.57. The van der Waals surface area contributed by atoms with Crippen molar-refractivity contribution in [3.63, 3.8) is 0 Å². The molecule has 0 spiro atoms. The maximum absolute atomic E-state index is 11.3. The van der Waals surface area contributed by atoms with Crippen molar-refractivity contribution in [1.29, 1.82) is 0 Å². The van der Waals surface area contributed by atoms with E-state index in [-0.39, 0.29) is 4.91 Å². The molecule has 86 valence electrons. The van der Waals surface area contributed by atoms with Crippen LogP contribution in [-0.2, 0) is 14.6 Å². The van der Waals surface area contributed by atoms with Gasteiger partial charge >= 0.3 is 0 Å². The molecule has 1 aromatic rings. The molecule has 0 unspecified atom stereocenters. The van der Waals surface area contributed by atoms with Crippen LogP contribution in [0.15, 0.2) is 29.4 Å². The highest BCUT2D eigenvalue weighted by Crippen LogP contribution is 2.11. The maximum atomic E-state index is 11.3. The van der Waals surface area contributed by atoms with Gasteiger partial charge in [-0.15, -0.1) is 0 Å². The van der Waals surface area contributed by atoms with Crippen molar-refractivity contribution in [2.24, 2.45) is 0 Å². The number of hydrogen-bond donors (Lipinski definition) is 0. The van der Waals surface area contributed by atoms with Crippen LogP contribution in [0, 0.1) is 5.21 Å². The van der Waals surface area contributed by atoms with Crippen LogP contribution >= 0.6 is 0 Å². The Balaban J connectivity index is 3.29. The van der Waals surface area contributed by atoms with Crippen molar-refractivity contribution in [2.75, 3.05) is 6.26 Å². The Morgan fingerprint density at radius 2 is 2.12 bits per heavy atom. The quantitative estimate of drug-likeness (QED) is 0.433. The second-order valence-electron chi connectivity index (χ2n) is 3.33. The van der Waals surface area contributed by atoms with Gasteiger partial charge in [0.1, 0.15) is 4.91 Å². The zero-order chi connectivity index (χ0) is 12.3. The maximum Gasteiger partial charge on any atom is 0.187 e. The average molecular weight is 241 g/mol. The molecule has 1 rings (SSSR count). The van der Waals surface area contributed by atoms with Crippen LogP contribution in [0.25, 0.3) is 6.08 Å². The molecule has 0 aliphatic rings. The molecule has 0 saturated carbocycles. The number of carbonyl (C=O) groups excluding carboxylic acids is 1. The van der Waals surface area contributed by atoms with Crippen LogP contribution < -0.4 is 4.73 Å². The summed E-state index contributed by atoms with van der Waals surface area (Å²) in [6.07, 6.45) is 4.60. The number of pyridine rings is 1. The summed E-state index contributed by atoms with van der Waals surface area (Å²) in [6.45, 7) is 1.17. The Morgan fingerprint density at radius 3 is 2.56 bits per heavy atom. The zero-order valence-electron chi connectivity index (χ0n) is 8.88. The second kappa shape index (κ2) is 4.44. The molecule has 5 nitrogen and oxygen atoms in total. The zero-order valence-corrected chi connectivity index (χ0v) is 9.69. The fraction of sp³-hybridized carbons (Fsp3) is 0.200. The average Bonchev–Trinajstić information content (AvgIpc) is 2.12. The summed E-state index contributed by atoms with van der Waals surface area (Å²) in [5.74, 6) is -0.552. The molecule has 0 bridgehead atoms. The van der Waals surface area contributed by atoms with Gasteiger partial charge in [-0.3, -0.25) is 4.79 Å².